The zero-order valence-electron chi connectivity index (χ0n) is 30.1. The zero-order chi connectivity index (χ0) is 38.1. The maximum absolute atomic E-state index is 13.1. The monoisotopic (exact) mass is 707 g/mol. The van der Waals surface area contributed by atoms with E-state index in [1.807, 2.05) is 24.3 Å². The van der Waals surface area contributed by atoms with Crippen molar-refractivity contribution in [3.8, 4) is 23.1 Å². The fourth-order valence-corrected chi connectivity index (χ4v) is 4.76. The lowest BCUT2D eigenvalue weighted by Gasteiger charge is -2.21. The topological polar surface area (TPSA) is 175 Å². The first-order valence-electron chi connectivity index (χ1n) is 16.4. The van der Waals surface area contributed by atoms with E-state index in [-0.39, 0.29) is 24.3 Å². The Kier molecular flexibility index (Phi) is 12.3. The number of ketones is 1. The van der Waals surface area contributed by atoms with Crippen LogP contribution in [0.4, 0.5) is 9.59 Å². The number of carbonyl (C=O) groups excluding carboxylic acids is 5. The Bertz CT molecular complexity index is 2020. The molecular formula is C39H41N5O8. The predicted octanol–water partition coefficient (Wildman–Crippen LogP) is 5.75. The molecule has 1 unspecified atom stereocenters. The number of hydrogen-bond acceptors (Lipinski definition) is 10. The Labute approximate surface area is 301 Å². The molecule has 0 aliphatic carbocycles. The van der Waals surface area contributed by atoms with Gasteiger partial charge in [0.15, 0.2) is 5.78 Å². The molecule has 270 valence electrons. The zero-order valence-corrected chi connectivity index (χ0v) is 30.1. The highest BCUT2D eigenvalue weighted by Gasteiger charge is 2.26. The summed E-state index contributed by atoms with van der Waals surface area (Å²) in [5, 5.41) is 3.03. The van der Waals surface area contributed by atoms with Crippen molar-refractivity contribution in [2.75, 3.05) is 13.7 Å². The molecule has 0 aliphatic heterocycles. The van der Waals surface area contributed by atoms with Gasteiger partial charge in [-0.15, -0.1) is 0 Å². The number of amides is 3. The summed E-state index contributed by atoms with van der Waals surface area (Å²) in [7, 11) is 1.22. The van der Waals surface area contributed by atoms with Crippen LogP contribution in [0.2, 0.25) is 0 Å². The lowest BCUT2D eigenvalue weighted by Crippen LogP contribution is -2.44. The summed E-state index contributed by atoms with van der Waals surface area (Å²) in [5.41, 5.74) is 7.01. The van der Waals surface area contributed by atoms with Gasteiger partial charge in [-0.25, -0.2) is 20.0 Å². The highest BCUT2D eigenvalue weighted by atomic mass is 16.6. The van der Waals surface area contributed by atoms with E-state index in [2.05, 4.69) is 33.0 Å². The van der Waals surface area contributed by atoms with E-state index in [1.165, 1.54) is 13.3 Å². The standard InChI is InChI=1S/C39H41N5O8/c1-38(2,3)51-36(48)41-22-28(35(47)50-7)20-33(45)27-16-12-25(13-17-27)9-8-24-10-14-26(15-11-24)32-21-29(30-23-40-19-18-31(30)42-32)34(46)43-44-37(49)52-39(4,5)6/h10-19,21,23,28H,20,22H2,1-7H3,(H,41,48)(H,43,46)(H,44,49). The first-order valence-corrected chi connectivity index (χ1v) is 16.4. The highest BCUT2D eigenvalue weighted by molar-refractivity contribution is 6.07. The molecule has 0 fully saturated rings. The van der Waals surface area contributed by atoms with E-state index in [9.17, 15) is 24.0 Å². The maximum atomic E-state index is 13.1. The number of ether oxygens (including phenoxy) is 3. The van der Waals surface area contributed by atoms with Crippen molar-refractivity contribution >= 4 is 40.7 Å². The van der Waals surface area contributed by atoms with E-state index in [0.717, 1.165) is 5.56 Å². The molecule has 2 heterocycles. The number of hydrogen-bond donors (Lipinski definition) is 3. The highest BCUT2D eigenvalue weighted by Crippen LogP contribution is 2.25. The van der Waals surface area contributed by atoms with Crippen LogP contribution in [0.3, 0.4) is 0 Å². The predicted molar refractivity (Wildman–Crippen MR) is 193 cm³/mol. The minimum atomic E-state index is -0.890. The molecule has 2 aromatic carbocycles. The largest absolute Gasteiger partial charge is 0.469 e. The number of methoxy groups -OCH3 is 1. The number of aromatic nitrogens is 2. The lowest BCUT2D eigenvalue weighted by molar-refractivity contribution is -0.145. The number of benzene rings is 2. The van der Waals surface area contributed by atoms with Crippen molar-refractivity contribution in [2.45, 2.75) is 59.2 Å². The van der Waals surface area contributed by atoms with Gasteiger partial charge in [-0.3, -0.25) is 24.8 Å². The van der Waals surface area contributed by atoms with E-state index < -0.39 is 41.2 Å². The summed E-state index contributed by atoms with van der Waals surface area (Å²) in [6.07, 6.45) is 1.44. The van der Waals surface area contributed by atoms with Crippen molar-refractivity contribution in [3.05, 3.63) is 95.3 Å². The summed E-state index contributed by atoms with van der Waals surface area (Å²) < 4.78 is 15.2. The Morgan fingerprint density at radius 3 is 1.98 bits per heavy atom. The number of alkyl carbamates (subject to hydrolysis) is 1. The van der Waals surface area contributed by atoms with Crippen LogP contribution in [-0.2, 0) is 19.0 Å². The van der Waals surface area contributed by atoms with Crippen molar-refractivity contribution in [1.29, 1.82) is 0 Å². The van der Waals surface area contributed by atoms with Crippen LogP contribution < -0.4 is 16.2 Å². The third kappa shape index (κ3) is 11.4. The molecule has 2 aromatic heterocycles. The van der Waals surface area contributed by atoms with E-state index in [0.29, 0.717) is 33.3 Å². The lowest BCUT2D eigenvalue weighted by atomic mass is 9.97. The first-order chi connectivity index (χ1) is 24.5. The number of rotatable bonds is 8. The SMILES string of the molecule is COC(=O)C(CNC(=O)OC(C)(C)C)CC(=O)c1ccc(C#Cc2ccc(-c3cc(C(=O)NNC(=O)OC(C)(C)C)c4cnccc4n3)cc2)cc1. The number of carbonyl (C=O) groups is 5. The Balaban J connectivity index is 1.43. The second kappa shape index (κ2) is 16.6. The van der Waals surface area contributed by atoms with Crippen LogP contribution in [-0.4, -0.2) is 64.7 Å². The second-order valence-electron chi connectivity index (χ2n) is 13.7. The molecule has 3 N–H and O–H groups in total. The maximum Gasteiger partial charge on any atom is 0.426 e. The van der Waals surface area contributed by atoms with Gasteiger partial charge < -0.3 is 19.5 Å². The third-order valence-corrected chi connectivity index (χ3v) is 7.13. The molecule has 0 aliphatic rings. The van der Waals surface area contributed by atoms with Crippen LogP contribution in [0.5, 0.6) is 0 Å². The normalized spacial score (nSPS) is 11.7. The number of hydrazine groups is 1. The van der Waals surface area contributed by atoms with Gasteiger partial charge in [-0.2, -0.15) is 0 Å². The molecule has 0 saturated carbocycles. The fourth-order valence-electron chi connectivity index (χ4n) is 4.76. The summed E-state index contributed by atoms with van der Waals surface area (Å²) in [4.78, 5) is 71.3. The molecule has 0 spiro atoms. The smallest absolute Gasteiger partial charge is 0.426 e. The van der Waals surface area contributed by atoms with Gasteiger partial charge in [0.1, 0.15) is 11.2 Å². The van der Waals surface area contributed by atoms with Gasteiger partial charge in [0.25, 0.3) is 5.91 Å². The molecule has 4 aromatic rings. The molecular weight excluding hydrogens is 666 g/mol. The molecule has 52 heavy (non-hydrogen) atoms. The van der Waals surface area contributed by atoms with Crippen molar-refractivity contribution in [3.63, 3.8) is 0 Å². The first kappa shape index (κ1) is 38.5. The minimum absolute atomic E-state index is 0.117. The van der Waals surface area contributed by atoms with Gasteiger partial charge in [-0.05, 0) is 77.9 Å². The molecule has 1 atom stereocenters. The number of esters is 1. The molecule has 4 rings (SSSR count). The molecule has 13 nitrogen and oxygen atoms in total. The number of pyridine rings is 2. The summed E-state index contributed by atoms with van der Waals surface area (Å²) in [6, 6.07) is 17.3. The van der Waals surface area contributed by atoms with Gasteiger partial charge in [0.05, 0.1) is 29.8 Å². The van der Waals surface area contributed by atoms with Gasteiger partial charge >= 0.3 is 18.2 Å². The van der Waals surface area contributed by atoms with E-state index >= 15 is 0 Å². The molecule has 13 heteroatoms. The average Bonchev–Trinajstić information content (AvgIpc) is 3.09. The van der Waals surface area contributed by atoms with Gasteiger partial charge in [-0.1, -0.05) is 36.1 Å². The van der Waals surface area contributed by atoms with E-state index in [4.69, 9.17) is 19.2 Å². The summed E-state index contributed by atoms with van der Waals surface area (Å²) >= 11 is 0. The molecule has 0 saturated heterocycles. The number of nitrogens with zero attached hydrogens (tertiary/aromatic N) is 2. The number of nitrogens with one attached hydrogen (secondary N) is 3. The van der Waals surface area contributed by atoms with Crippen LogP contribution in [0.25, 0.3) is 22.2 Å². The summed E-state index contributed by atoms with van der Waals surface area (Å²) in [6.45, 7) is 10.2. The number of Topliss-reactive ketones (excluding diaryl/α,β-unsaturated/α-hetero) is 1. The van der Waals surface area contributed by atoms with Crippen molar-refractivity contribution in [2.24, 2.45) is 5.92 Å². The summed E-state index contributed by atoms with van der Waals surface area (Å²) in [5.74, 6) is 3.80. The minimum Gasteiger partial charge on any atom is -0.469 e. The van der Waals surface area contributed by atoms with Gasteiger partial charge in [0, 0.05) is 53.0 Å². The molecule has 0 bridgehead atoms. The Hall–Kier alpha value is -6.29. The second-order valence-corrected chi connectivity index (χ2v) is 13.7. The third-order valence-electron chi connectivity index (χ3n) is 7.13. The molecule has 0 radical (unpaired) electrons. The molecule has 3 amide bonds. The fraction of sp³-hybridized carbons (Fsp3) is 0.308. The number of fused-ring (bicyclic) bond motifs is 1. The van der Waals surface area contributed by atoms with Crippen LogP contribution in [0, 0.1) is 17.8 Å². The Morgan fingerprint density at radius 2 is 1.38 bits per heavy atom. The van der Waals surface area contributed by atoms with E-state index in [1.54, 1.807) is 84.1 Å². The average molecular weight is 708 g/mol. The van der Waals surface area contributed by atoms with Gasteiger partial charge in [0.2, 0.25) is 0 Å². The Morgan fingerprint density at radius 1 is 0.788 bits per heavy atom. The van der Waals surface area contributed by atoms with Crippen LogP contribution in [0.1, 0.15) is 79.8 Å². The van der Waals surface area contributed by atoms with Crippen molar-refractivity contribution in [1.82, 2.24) is 26.1 Å². The van der Waals surface area contributed by atoms with Crippen LogP contribution >= 0.6 is 0 Å². The quantitative estimate of drug-likeness (QED) is 0.0672. The van der Waals surface area contributed by atoms with Crippen molar-refractivity contribution < 1.29 is 38.2 Å². The van der Waals surface area contributed by atoms with Crippen LogP contribution in [0.15, 0.2) is 73.1 Å².